The monoisotopic (exact) mass is 620 g/mol. The molecule has 5 fully saturated rings. The maximum absolute atomic E-state index is 9.83. The highest BCUT2D eigenvalue weighted by molar-refractivity contribution is 5.85. The normalized spacial score (nSPS) is 25.8. The van der Waals surface area contributed by atoms with E-state index in [0.717, 1.165) is 79.3 Å². The first-order valence-corrected chi connectivity index (χ1v) is 16.3. The first-order valence-electron chi connectivity index (χ1n) is 16.3. The molecule has 0 spiro atoms. The fourth-order valence-electron chi connectivity index (χ4n) is 8.19. The van der Waals surface area contributed by atoms with Crippen LogP contribution in [0, 0.1) is 23.2 Å². The predicted octanol–water partition coefficient (Wildman–Crippen LogP) is 3.87. The Morgan fingerprint density at radius 3 is 2.43 bits per heavy atom. The Morgan fingerprint density at radius 1 is 0.935 bits per heavy atom. The zero-order valence-corrected chi connectivity index (χ0v) is 26.5. The van der Waals surface area contributed by atoms with Gasteiger partial charge >= 0.3 is 0 Å². The molecule has 0 amide bonds. The number of ether oxygens (including phenoxy) is 3. The number of rotatable bonds is 10. The number of hydrogen-bond donors (Lipinski definition) is 0. The van der Waals surface area contributed by atoms with Crippen LogP contribution in [-0.2, 0) is 11.3 Å². The Bertz CT molecular complexity index is 1710. The molecule has 0 aromatic carbocycles. The van der Waals surface area contributed by atoms with E-state index in [1.807, 2.05) is 37.8 Å². The Labute approximate surface area is 269 Å². The topological polar surface area (TPSA) is 104 Å². The summed E-state index contributed by atoms with van der Waals surface area (Å²) in [5.74, 6) is 3.84. The number of fused-ring (bicyclic) bond motifs is 4. The molecule has 4 aromatic heterocycles. The molecule has 4 atom stereocenters. The molecule has 8 heterocycles. The van der Waals surface area contributed by atoms with Gasteiger partial charge in [0.25, 0.3) is 0 Å². The molecule has 4 unspecified atom stereocenters. The smallest absolute Gasteiger partial charge is 0.212 e. The Balaban J connectivity index is 0.931. The molecule has 11 heteroatoms. The molecule has 1 aliphatic carbocycles. The quantitative estimate of drug-likeness (QED) is 0.260. The minimum Gasteiger partial charge on any atom is -0.491 e. The SMILES string of the molecule is COc1ccc(CN2C3CC2CN(c2ccc(-c4cc(OCCN5CC6CC(OC)CC6C5)cn5ncc(C#N)c45)cn2)C3)cn1. The molecule has 4 aliphatic heterocycles. The zero-order chi connectivity index (χ0) is 31.2. The van der Waals surface area contributed by atoms with Crippen molar-refractivity contribution in [2.75, 3.05) is 58.5 Å². The third kappa shape index (κ3) is 5.44. The molecule has 238 valence electrons. The van der Waals surface area contributed by atoms with E-state index in [0.29, 0.717) is 36.2 Å². The van der Waals surface area contributed by atoms with Gasteiger partial charge in [-0.2, -0.15) is 10.4 Å². The average Bonchev–Trinajstić information content (AvgIpc) is 3.80. The number of hydrogen-bond acceptors (Lipinski definition) is 10. The maximum Gasteiger partial charge on any atom is 0.212 e. The molecule has 2 bridgehead atoms. The minimum absolute atomic E-state index is 0.430. The summed E-state index contributed by atoms with van der Waals surface area (Å²) < 4.78 is 18.9. The van der Waals surface area contributed by atoms with E-state index in [4.69, 9.17) is 19.2 Å². The van der Waals surface area contributed by atoms with Gasteiger partial charge in [-0.15, -0.1) is 0 Å². The predicted molar refractivity (Wildman–Crippen MR) is 173 cm³/mol. The summed E-state index contributed by atoms with van der Waals surface area (Å²) >= 11 is 0. The van der Waals surface area contributed by atoms with Gasteiger partial charge in [0, 0.05) is 88.0 Å². The number of likely N-dealkylation sites (tertiary alicyclic amines) is 1. The molecular weight excluding hydrogens is 580 g/mol. The van der Waals surface area contributed by atoms with Gasteiger partial charge < -0.3 is 19.1 Å². The second-order valence-corrected chi connectivity index (χ2v) is 13.2. The van der Waals surface area contributed by atoms with Crippen molar-refractivity contribution in [2.45, 2.75) is 44.0 Å². The molecule has 1 saturated carbocycles. The lowest BCUT2D eigenvalue weighted by Crippen LogP contribution is -2.68. The highest BCUT2D eigenvalue weighted by Gasteiger charge is 2.45. The summed E-state index contributed by atoms with van der Waals surface area (Å²) in [6.07, 6.45) is 11.3. The second kappa shape index (κ2) is 12.2. The van der Waals surface area contributed by atoms with Crippen LogP contribution in [0.5, 0.6) is 11.6 Å². The second-order valence-electron chi connectivity index (χ2n) is 13.2. The number of pyridine rings is 3. The number of aromatic nitrogens is 4. The van der Waals surface area contributed by atoms with Crippen molar-refractivity contribution in [1.29, 1.82) is 5.26 Å². The fraction of sp³-hybridized carbons (Fsp3) is 0.486. The van der Waals surface area contributed by atoms with E-state index in [1.165, 1.54) is 24.8 Å². The van der Waals surface area contributed by atoms with E-state index in [2.05, 4.69) is 49.1 Å². The van der Waals surface area contributed by atoms with Crippen molar-refractivity contribution in [3.63, 3.8) is 0 Å². The molecule has 4 aromatic rings. The highest BCUT2D eigenvalue weighted by atomic mass is 16.5. The number of methoxy groups -OCH3 is 2. The molecular formula is C35H40N8O3. The minimum atomic E-state index is 0.430. The van der Waals surface area contributed by atoms with Crippen LogP contribution >= 0.6 is 0 Å². The summed E-state index contributed by atoms with van der Waals surface area (Å²) in [7, 11) is 3.48. The van der Waals surface area contributed by atoms with Crippen LogP contribution < -0.4 is 14.4 Å². The molecule has 4 saturated heterocycles. The third-order valence-corrected chi connectivity index (χ3v) is 10.6. The van der Waals surface area contributed by atoms with Crippen molar-refractivity contribution in [1.82, 2.24) is 29.4 Å². The van der Waals surface area contributed by atoms with Gasteiger partial charge in [-0.3, -0.25) is 9.80 Å². The number of piperidine rings is 1. The first kappa shape index (κ1) is 29.2. The third-order valence-electron chi connectivity index (χ3n) is 10.6. The largest absolute Gasteiger partial charge is 0.491 e. The number of nitriles is 1. The highest BCUT2D eigenvalue weighted by Crippen LogP contribution is 2.39. The Morgan fingerprint density at radius 2 is 1.76 bits per heavy atom. The summed E-state index contributed by atoms with van der Waals surface area (Å²) in [6.45, 7) is 6.55. The van der Waals surface area contributed by atoms with Gasteiger partial charge in [-0.05, 0) is 54.9 Å². The van der Waals surface area contributed by atoms with Gasteiger partial charge in [-0.1, -0.05) is 6.07 Å². The van der Waals surface area contributed by atoms with E-state index >= 15 is 0 Å². The van der Waals surface area contributed by atoms with Crippen molar-refractivity contribution < 1.29 is 14.2 Å². The number of anilines is 1. The molecule has 9 rings (SSSR count). The average molecular weight is 621 g/mol. The van der Waals surface area contributed by atoms with Crippen molar-refractivity contribution in [3.05, 3.63) is 66.2 Å². The van der Waals surface area contributed by atoms with Crippen LogP contribution in [-0.4, -0.2) is 101 Å². The maximum atomic E-state index is 9.83. The molecule has 46 heavy (non-hydrogen) atoms. The lowest BCUT2D eigenvalue weighted by atomic mass is 9.87. The summed E-state index contributed by atoms with van der Waals surface area (Å²) in [5, 5.41) is 14.3. The number of piperazine rings is 1. The zero-order valence-electron chi connectivity index (χ0n) is 26.5. The molecule has 0 radical (unpaired) electrons. The molecule has 0 N–H and O–H groups in total. The first-order chi connectivity index (χ1) is 22.6. The van der Waals surface area contributed by atoms with Gasteiger partial charge in [0.2, 0.25) is 5.88 Å². The van der Waals surface area contributed by atoms with Crippen LogP contribution in [0.4, 0.5) is 5.82 Å². The Kier molecular flexibility index (Phi) is 7.72. The van der Waals surface area contributed by atoms with Gasteiger partial charge in [0.1, 0.15) is 24.2 Å². The Hall–Kier alpha value is -4.24. The van der Waals surface area contributed by atoms with Crippen LogP contribution in [0.15, 0.2) is 55.1 Å². The van der Waals surface area contributed by atoms with E-state index < -0.39 is 0 Å². The van der Waals surface area contributed by atoms with E-state index in [-0.39, 0.29) is 0 Å². The van der Waals surface area contributed by atoms with Crippen molar-refractivity contribution in [3.8, 4) is 28.8 Å². The molecule has 11 nitrogen and oxygen atoms in total. The summed E-state index contributed by atoms with van der Waals surface area (Å²) in [6, 6.07) is 13.6. The van der Waals surface area contributed by atoms with Gasteiger partial charge in [0.15, 0.2) is 0 Å². The standard InChI is InChI=1S/C35H40N8O3/c1-44-30-9-25-18-40(19-26(25)10-30)7-8-46-31-12-32(35-27(13-36)16-39-43(35)22-31)24-4-5-33(37-15-24)41-20-28-11-29(21-41)42(28)17-23-3-6-34(45-2)38-14-23/h3-6,12,14-16,22,25-26,28-30H,7-11,17-21H2,1-2H3. The lowest BCUT2D eigenvalue weighted by Gasteiger charge is -2.56. The number of nitrogens with zero attached hydrogens (tertiary/aromatic N) is 8. The van der Waals surface area contributed by atoms with Gasteiger partial charge in [0.05, 0.1) is 36.7 Å². The fourth-order valence-corrected chi connectivity index (χ4v) is 8.19. The van der Waals surface area contributed by atoms with Gasteiger partial charge in [-0.25, -0.2) is 14.5 Å². The van der Waals surface area contributed by atoms with Crippen LogP contribution in [0.25, 0.3) is 16.6 Å². The van der Waals surface area contributed by atoms with Crippen LogP contribution in [0.2, 0.25) is 0 Å². The van der Waals surface area contributed by atoms with Crippen LogP contribution in [0.1, 0.15) is 30.4 Å². The van der Waals surface area contributed by atoms with Crippen molar-refractivity contribution >= 4 is 11.3 Å². The van der Waals surface area contributed by atoms with Crippen LogP contribution in [0.3, 0.4) is 0 Å². The molecule has 5 aliphatic rings. The summed E-state index contributed by atoms with van der Waals surface area (Å²) in [5.41, 5.74) is 4.35. The summed E-state index contributed by atoms with van der Waals surface area (Å²) in [4.78, 5) is 16.8. The van der Waals surface area contributed by atoms with E-state index in [9.17, 15) is 5.26 Å². The van der Waals surface area contributed by atoms with Crippen molar-refractivity contribution in [2.24, 2.45) is 11.8 Å². The van der Waals surface area contributed by atoms with E-state index in [1.54, 1.807) is 17.8 Å². The lowest BCUT2D eigenvalue weighted by molar-refractivity contribution is -0.00876.